The van der Waals surface area contributed by atoms with Gasteiger partial charge in [0.2, 0.25) is 5.88 Å². The molecule has 0 saturated heterocycles. The van der Waals surface area contributed by atoms with Gasteiger partial charge in [0.1, 0.15) is 5.82 Å². The van der Waals surface area contributed by atoms with Crippen LogP contribution in [0.1, 0.15) is 24.7 Å². The van der Waals surface area contributed by atoms with Gasteiger partial charge in [-0.25, -0.2) is 0 Å². The fourth-order valence-electron chi connectivity index (χ4n) is 2.38. The number of rotatable bonds is 3. The van der Waals surface area contributed by atoms with Gasteiger partial charge in [-0.05, 0) is 24.5 Å². The van der Waals surface area contributed by atoms with Crippen LogP contribution >= 0.6 is 0 Å². The minimum absolute atomic E-state index is 0.190. The van der Waals surface area contributed by atoms with Crippen LogP contribution in [0.25, 0.3) is 0 Å². The molecule has 2 N–H and O–H groups in total. The van der Waals surface area contributed by atoms with Gasteiger partial charge in [0.15, 0.2) is 5.75 Å². The predicted octanol–water partition coefficient (Wildman–Crippen LogP) is 2.48. The van der Waals surface area contributed by atoms with Gasteiger partial charge in [-0.15, -0.1) is 0 Å². The molecule has 20 heavy (non-hydrogen) atoms. The highest BCUT2D eigenvalue weighted by Crippen LogP contribution is 2.34. The lowest BCUT2D eigenvalue weighted by Crippen LogP contribution is -2.13. The first-order valence-corrected chi connectivity index (χ1v) is 6.90. The summed E-state index contributed by atoms with van der Waals surface area (Å²) >= 11 is 0. The number of aromatic amines is 1. The number of benzene rings is 1. The highest BCUT2D eigenvalue weighted by molar-refractivity contribution is 5.64. The Balaban J connectivity index is 1.95. The first-order valence-electron chi connectivity index (χ1n) is 6.90. The van der Waals surface area contributed by atoms with Crippen molar-refractivity contribution in [1.82, 2.24) is 9.97 Å². The van der Waals surface area contributed by atoms with E-state index in [0.717, 1.165) is 30.8 Å². The summed E-state index contributed by atoms with van der Waals surface area (Å²) in [6.45, 7) is 2.88. The topological polar surface area (TPSA) is 67.0 Å². The Kier molecular flexibility index (Phi) is 3.41. The van der Waals surface area contributed by atoms with E-state index in [2.05, 4.69) is 21.4 Å². The van der Waals surface area contributed by atoms with Gasteiger partial charge >= 0.3 is 0 Å². The largest absolute Gasteiger partial charge is 0.437 e. The second-order valence-corrected chi connectivity index (χ2v) is 4.81. The highest BCUT2D eigenvalue weighted by atomic mass is 16.5. The number of ether oxygens (including phenoxy) is 1. The Hall–Kier alpha value is -2.30. The van der Waals surface area contributed by atoms with E-state index in [-0.39, 0.29) is 5.56 Å². The van der Waals surface area contributed by atoms with Crippen molar-refractivity contribution in [3.05, 3.63) is 46.0 Å². The molecule has 1 aliphatic heterocycles. The van der Waals surface area contributed by atoms with Crippen molar-refractivity contribution in [3.8, 4) is 11.6 Å². The van der Waals surface area contributed by atoms with Gasteiger partial charge < -0.3 is 15.0 Å². The third kappa shape index (κ3) is 2.52. The molecule has 0 unspecified atom stereocenters. The first kappa shape index (κ1) is 12.7. The van der Waals surface area contributed by atoms with Crippen molar-refractivity contribution in [1.29, 1.82) is 0 Å². The Bertz CT molecular complexity index is 679. The van der Waals surface area contributed by atoms with E-state index < -0.39 is 0 Å². The molecule has 1 aromatic heterocycles. The summed E-state index contributed by atoms with van der Waals surface area (Å²) < 4.78 is 5.81. The van der Waals surface area contributed by atoms with Crippen molar-refractivity contribution in [2.75, 3.05) is 11.9 Å². The maximum atomic E-state index is 11.6. The molecular weight excluding hydrogens is 254 g/mol. The molecular formula is C15H17N3O2. The van der Waals surface area contributed by atoms with E-state index in [0.29, 0.717) is 18.1 Å². The van der Waals surface area contributed by atoms with Gasteiger partial charge in [-0.1, -0.05) is 19.1 Å². The molecule has 2 heterocycles. The number of nitrogens with one attached hydrogen (secondary N) is 2. The Labute approximate surface area is 117 Å². The molecule has 104 valence electrons. The van der Waals surface area contributed by atoms with E-state index >= 15 is 0 Å². The van der Waals surface area contributed by atoms with E-state index in [9.17, 15) is 4.79 Å². The van der Waals surface area contributed by atoms with Gasteiger partial charge in [0.05, 0.1) is 11.8 Å². The van der Waals surface area contributed by atoms with Crippen LogP contribution < -0.4 is 15.6 Å². The maximum absolute atomic E-state index is 11.6. The van der Waals surface area contributed by atoms with Crippen LogP contribution in [0.4, 0.5) is 5.69 Å². The lowest BCUT2D eigenvalue weighted by atomic mass is 10.0. The van der Waals surface area contributed by atoms with Crippen LogP contribution in [-0.2, 0) is 12.8 Å². The third-order valence-electron chi connectivity index (χ3n) is 3.35. The number of fused-ring (bicyclic) bond motifs is 1. The molecule has 0 saturated carbocycles. The third-order valence-corrected chi connectivity index (χ3v) is 3.35. The molecule has 0 amide bonds. The van der Waals surface area contributed by atoms with Crippen molar-refractivity contribution in [2.45, 2.75) is 26.2 Å². The molecule has 0 fully saturated rings. The van der Waals surface area contributed by atoms with Gasteiger partial charge in [0.25, 0.3) is 5.56 Å². The molecule has 1 aliphatic rings. The SMILES string of the molecule is CCc1nc(Oc2cccc3c2NCCC3)cc(=O)[nH]1. The van der Waals surface area contributed by atoms with Crippen LogP contribution in [0.2, 0.25) is 0 Å². The van der Waals surface area contributed by atoms with Gasteiger partial charge in [-0.2, -0.15) is 4.98 Å². The average Bonchev–Trinajstić information content (AvgIpc) is 2.47. The van der Waals surface area contributed by atoms with Crippen LogP contribution in [0.3, 0.4) is 0 Å². The number of aromatic nitrogens is 2. The number of hydrogen-bond acceptors (Lipinski definition) is 4. The van der Waals surface area contributed by atoms with Gasteiger partial charge in [0, 0.05) is 13.0 Å². The van der Waals surface area contributed by atoms with E-state index in [1.807, 2.05) is 19.1 Å². The molecule has 0 spiro atoms. The second-order valence-electron chi connectivity index (χ2n) is 4.81. The van der Waals surface area contributed by atoms with E-state index in [4.69, 9.17) is 4.74 Å². The molecule has 0 atom stereocenters. The highest BCUT2D eigenvalue weighted by Gasteiger charge is 2.14. The molecule has 3 rings (SSSR count). The predicted molar refractivity (Wildman–Crippen MR) is 77.6 cm³/mol. The van der Waals surface area contributed by atoms with Gasteiger partial charge in [-0.3, -0.25) is 4.79 Å². The maximum Gasteiger partial charge on any atom is 0.254 e. The molecule has 5 heteroatoms. The lowest BCUT2D eigenvalue weighted by molar-refractivity contribution is 0.458. The number of nitrogens with zero attached hydrogens (tertiary/aromatic N) is 1. The Morgan fingerprint density at radius 3 is 3.15 bits per heavy atom. The normalized spacial score (nSPS) is 13.4. The smallest absolute Gasteiger partial charge is 0.254 e. The number of para-hydroxylation sites is 1. The van der Waals surface area contributed by atoms with Crippen molar-refractivity contribution in [3.63, 3.8) is 0 Å². The lowest BCUT2D eigenvalue weighted by Gasteiger charge is -2.20. The zero-order chi connectivity index (χ0) is 13.9. The standard InChI is InChI=1S/C15H17N3O2/c1-2-12-17-13(19)9-14(18-12)20-11-7-3-5-10-6-4-8-16-15(10)11/h3,5,7,9,16H,2,4,6,8H2,1H3,(H,17,18,19). The summed E-state index contributed by atoms with van der Waals surface area (Å²) in [5, 5.41) is 3.36. The van der Waals surface area contributed by atoms with Crippen LogP contribution in [0.5, 0.6) is 11.6 Å². The fourth-order valence-corrected chi connectivity index (χ4v) is 2.38. The second kappa shape index (κ2) is 5.36. The zero-order valence-corrected chi connectivity index (χ0v) is 11.4. The molecule has 0 bridgehead atoms. The summed E-state index contributed by atoms with van der Waals surface area (Å²) in [7, 11) is 0. The van der Waals surface area contributed by atoms with Crippen LogP contribution in [0.15, 0.2) is 29.1 Å². The minimum Gasteiger partial charge on any atom is -0.437 e. The number of H-pyrrole nitrogens is 1. The summed E-state index contributed by atoms with van der Waals surface area (Å²) in [5.41, 5.74) is 2.07. The molecule has 0 radical (unpaired) electrons. The van der Waals surface area contributed by atoms with E-state index in [1.54, 1.807) is 0 Å². The summed E-state index contributed by atoms with van der Waals surface area (Å²) in [5.74, 6) is 1.69. The summed E-state index contributed by atoms with van der Waals surface area (Å²) in [6.07, 6.45) is 2.83. The molecule has 0 aliphatic carbocycles. The van der Waals surface area contributed by atoms with Crippen LogP contribution in [0, 0.1) is 0 Å². The number of aryl methyl sites for hydroxylation is 2. The number of anilines is 1. The van der Waals surface area contributed by atoms with Crippen molar-refractivity contribution < 1.29 is 4.74 Å². The van der Waals surface area contributed by atoms with Crippen molar-refractivity contribution >= 4 is 5.69 Å². The Morgan fingerprint density at radius 1 is 1.40 bits per heavy atom. The minimum atomic E-state index is -0.190. The molecule has 1 aromatic carbocycles. The van der Waals surface area contributed by atoms with E-state index in [1.165, 1.54) is 11.6 Å². The summed E-state index contributed by atoms with van der Waals surface area (Å²) in [6, 6.07) is 7.33. The van der Waals surface area contributed by atoms with Crippen LogP contribution in [-0.4, -0.2) is 16.5 Å². The fraction of sp³-hybridized carbons (Fsp3) is 0.333. The zero-order valence-electron chi connectivity index (χ0n) is 11.4. The summed E-state index contributed by atoms with van der Waals surface area (Å²) in [4.78, 5) is 18.5. The van der Waals surface area contributed by atoms with Crippen molar-refractivity contribution in [2.24, 2.45) is 0 Å². The Morgan fingerprint density at radius 2 is 2.30 bits per heavy atom. The quantitative estimate of drug-likeness (QED) is 0.900. The molecule has 5 nitrogen and oxygen atoms in total. The monoisotopic (exact) mass is 271 g/mol. The number of hydrogen-bond donors (Lipinski definition) is 2. The first-order chi connectivity index (χ1) is 9.76. The molecule has 2 aromatic rings. The average molecular weight is 271 g/mol.